The first-order valence-electron chi connectivity index (χ1n) is 5.02. The molecule has 0 radical (unpaired) electrons. The summed E-state index contributed by atoms with van der Waals surface area (Å²) in [4.78, 5) is 13.6. The molecule has 76 valence electrons. The highest BCUT2D eigenvalue weighted by molar-refractivity contribution is 6.18. The molecule has 1 amide bonds. The summed E-state index contributed by atoms with van der Waals surface area (Å²) in [5, 5.41) is 0. The van der Waals surface area contributed by atoms with Gasteiger partial charge in [-0.05, 0) is 18.8 Å². The number of nitrogens with zero attached hydrogens (tertiary/aromatic N) is 1. The lowest BCUT2D eigenvalue weighted by Gasteiger charge is -2.27. The topological polar surface area (TPSA) is 20.3 Å². The van der Waals surface area contributed by atoms with Crippen LogP contribution in [0.1, 0.15) is 33.1 Å². The number of hydrogen-bond donors (Lipinski definition) is 0. The van der Waals surface area contributed by atoms with Crippen molar-refractivity contribution in [2.24, 2.45) is 5.92 Å². The third-order valence-corrected chi connectivity index (χ3v) is 2.89. The zero-order valence-corrected chi connectivity index (χ0v) is 9.18. The molecule has 0 aromatic rings. The van der Waals surface area contributed by atoms with Crippen molar-refractivity contribution < 1.29 is 4.79 Å². The Hall–Kier alpha value is -0.240. The number of rotatable bonds is 3. The quantitative estimate of drug-likeness (QED) is 0.645. The normalized spacial score (nSPS) is 22.8. The standard InChI is InChI=1S/C10H18ClNO/c1-8(2)9-4-3-7-12(9)10(13)5-6-11/h8-9H,3-7H2,1-2H3. The van der Waals surface area contributed by atoms with Gasteiger partial charge in [0.05, 0.1) is 0 Å². The Kier molecular flexibility index (Phi) is 4.04. The van der Waals surface area contributed by atoms with E-state index in [2.05, 4.69) is 13.8 Å². The van der Waals surface area contributed by atoms with E-state index in [4.69, 9.17) is 11.6 Å². The summed E-state index contributed by atoms with van der Waals surface area (Å²) in [6, 6.07) is 0.454. The van der Waals surface area contributed by atoms with E-state index in [1.165, 1.54) is 0 Å². The number of carbonyl (C=O) groups is 1. The smallest absolute Gasteiger partial charge is 0.224 e. The van der Waals surface area contributed by atoms with Gasteiger partial charge in [0.1, 0.15) is 0 Å². The van der Waals surface area contributed by atoms with Gasteiger partial charge in [-0.2, -0.15) is 0 Å². The number of alkyl halides is 1. The summed E-state index contributed by atoms with van der Waals surface area (Å²) >= 11 is 5.55. The van der Waals surface area contributed by atoms with Crippen LogP contribution < -0.4 is 0 Å². The molecule has 0 aromatic carbocycles. The first-order chi connectivity index (χ1) is 6.16. The van der Waals surface area contributed by atoms with Crippen LogP contribution in [0.2, 0.25) is 0 Å². The van der Waals surface area contributed by atoms with Gasteiger partial charge in [0.2, 0.25) is 5.91 Å². The average molecular weight is 204 g/mol. The van der Waals surface area contributed by atoms with Gasteiger partial charge >= 0.3 is 0 Å². The van der Waals surface area contributed by atoms with E-state index in [-0.39, 0.29) is 5.91 Å². The zero-order chi connectivity index (χ0) is 9.84. The molecule has 1 aliphatic rings. The first-order valence-corrected chi connectivity index (χ1v) is 5.55. The van der Waals surface area contributed by atoms with Crippen molar-refractivity contribution in [1.82, 2.24) is 4.90 Å². The van der Waals surface area contributed by atoms with Gasteiger partial charge in [-0.15, -0.1) is 11.6 Å². The Morgan fingerprint density at radius 2 is 2.31 bits per heavy atom. The lowest BCUT2D eigenvalue weighted by atomic mass is 10.0. The molecule has 1 rings (SSSR count). The summed E-state index contributed by atoms with van der Waals surface area (Å²) in [6.45, 7) is 5.28. The SMILES string of the molecule is CC(C)C1CCCN1C(=O)CCCl. The van der Waals surface area contributed by atoms with Crippen LogP contribution in [-0.2, 0) is 4.79 Å². The van der Waals surface area contributed by atoms with Crippen molar-refractivity contribution >= 4 is 17.5 Å². The lowest BCUT2D eigenvalue weighted by molar-refractivity contribution is -0.132. The molecule has 0 saturated carbocycles. The fraction of sp³-hybridized carbons (Fsp3) is 0.900. The van der Waals surface area contributed by atoms with E-state index < -0.39 is 0 Å². The zero-order valence-electron chi connectivity index (χ0n) is 8.42. The molecule has 0 aliphatic carbocycles. The summed E-state index contributed by atoms with van der Waals surface area (Å²) in [6.07, 6.45) is 2.80. The molecule has 1 unspecified atom stereocenters. The maximum Gasteiger partial charge on any atom is 0.224 e. The second kappa shape index (κ2) is 4.85. The van der Waals surface area contributed by atoms with Crippen molar-refractivity contribution in [3.63, 3.8) is 0 Å². The second-order valence-electron chi connectivity index (χ2n) is 3.98. The molecule has 2 nitrogen and oxygen atoms in total. The van der Waals surface area contributed by atoms with Crippen LogP contribution in [0.4, 0.5) is 0 Å². The molecule has 1 heterocycles. The van der Waals surface area contributed by atoms with Crippen molar-refractivity contribution in [3.05, 3.63) is 0 Å². The van der Waals surface area contributed by atoms with E-state index in [0.29, 0.717) is 24.3 Å². The van der Waals surface area contributed by atoms with E-state index in [1.807, 2.05) is 4.90 Å². The highest BCUT2D eigenvalue weighted by Crippen LogP contribution is 2.24. The minimum Gasteiger partial charge on any atom is -0.339 e. The largest absolute Gasteiger partial charge is 0.339 e. The Labute approximate surface area is 85.2 Å². The van der Waals surface area contributed by atoms with Crippen molar-refractivity contribution in [3.8, 4) is 0 Å². The molecule has 3 heteroatoms. The molecule has 0 aromatic heterocycles. The van der Waals surface area contributed by atoms with Gasteiger partial charge in [0.15, 0.2) is 0 Å². The Morgan fingerprint density at radius 3 is 2.85 bits per heavy atom. The van der Waals surface area contributed by atoms with Gasteiger partial charge in [-0.25, -0.2) is 0 Å². The second-order valence-corrected chi connectivity index (χ2v) is 4.36. The molecule has 0 spiro atoms. The van der Waals surface area contributed by atoms with Gasteiger partial charge in [0, 0.05) is 24.9 Å². The number of likely N-dealkylation sites (tertiary alicyclic amines) is 1. The summed E-state index contributed by atoms with van der Waals surface area (Å²) in [5.41, 5.74) is 0. The molecule has 1 aliphatic heterocycles. The van der Waals surface area contributed by atoms with Gasteiger partial charge in [-0.1, -0.05) is 13.8 Å². The number of halogens is 1. The molecular formula is C10H18ClNO. The lowest BCUT2D eigenvalue weighted by Crippen LogP contribution is -2.38. The average Bonchev–Trinajstić information content (AvgIpc) is 2.52. The highest BCUT2D eigenvalue weighted by Gasteiger charge is 2.29. The summed E-state index contributed by atoms with van der Waals surface area (Å²) in [5.74, 6) is 1.24. The predicted molar refractivity (Wildman–Crippen MR) is 54.9 cm³/mol. The Bertz CT molecular complexity index is 182. The number of amides is 1. The van der Waals surface area contributed by atoms with Crippen LogP contribution in [0, 0.1) is 5.92 Å². The van der Waals surface area contributed by atoms with E-state index in [1.54, 1.807) is 0 Å². The fourth-order valence-electron chi connectivity index (χ4n) is 2.02. The highest BCUT2D eigenvalue weighted by atomic mass is 35.5. The van der Waals surface area contributed by atoms with E-state index >= 15 is 0 Å². The molecule has 13 heavy (non-hydrogen) atoms. The van der Waals surface area contributed by atoms with Crippen LogP contribution in [-0.4, -0.2) is 29.3 Å². The monoisotopic (exact) mass is 203 g/mol. The molecule has 1 fully saturated rings. The summed E-state index contributed by atoms with van der Waals surface area (Å²) < 4.78 is 0. The van der Waals surface area contributed by atoms with Gasteiger partial charge < -0.3 is 4.90 Å². The van der Waals surface area contributed by atoms with Gasteiger partial charge in [0.25, 0.3) is 0 Å². The number of carbonyl (C=O) groups excluding carboxylic acids is 1. The molecule has 1 atom stereocenters. The van der Waals surface area contributed by atoms with E-state index in [0.717, 1.165) is 19.4 Å². The Balaban J connectivity index is 2.52. The molecular weight excluding hydrogens is 186 g/mol. The molecule has 1 saturated heterocycles. The maximum atomic E-state index is 11.6. The first kappa shape index (κ1) is 10.8. The molecule has 0 N–H and O–H groups in total. The van der Waals surface area contributed by atoms with Crippen molar-refractivity contribution in [2.75, 3.05) is 12.4 Å². The van der Waals surface area contributed by atoms with Crippen LogP contribution in [0.25, 0.3) is 0 Å². The van der Waals surface area contributed by atoms with Crippen LogP contribution in [0.3, 0.4) is 0 Å². The fourth-order valence-corrected chi connectivity index (χ4v) is 2.18. The third-order valence-electron chi connectivity index (χ3n) is 2.70. The van der Waals surface area contributed by atoms with Crippen LogP contribution in [0.15, 0.2) is 0 Å². The number of hydrogen-bond acceptors (Lipinski definition) is 1. The van der Waals surface area contributed by atoms with Crippen molar-refractivity contribution in [1.29, 1.82) is 0 Å². The Morgan fingerprint density at radius 1 is 1.62 bits per heavy atom. The van der Waals surface area contributed by atoms with E-state index in [9.17, 15) is 4.79 Å². The molecule has 0 bridgehead atoms. The minimum absolute atomic E-state index is 0.228. The van der Waals surface area contributed by atoms with Crippen LogP contribution >= 0.6 is 11.6 Å². The predicted octanol–water partition coefficient (Wildman–Crippen LogP) is 2.26. The third kappa shape index (κ3) is 2.60. The maximum absolute atomic E-state index is 11.6. The van der Waals surface area contributed by atoms with Gasteiger partial charge in [-0.3, -0.25) is 4.79 Å². The van der Waals surface area contributed by atoms with Crippen LogP contribution in [0.5, 0.6) is 0 Å². The minimum atomic E-state index is 0.228. The summed E-state index contributed by atoms with van der Waals surface area (Å²) in [7, 11) is 0. The van der Waals surface area contributed by atoms with Crippen molar-refractivity contribution in [2.45, 2.75) is 39.2 Å².